The Hall–Kier alpha value is -3.62. The minimum Gasteiger partial charge on any atom is -0.351 e. The number of amides is 3. The first-order valence-electron chi connectivity index (χ1n) is 11.1. The van der Waals surface area contributed by atoms with Crippen LogP contribution in [0.5, 0.6) is 0 Å². The molecule has 0 saturated heterocycles. The van der Waals surface area contributed by atoms with Crippen LogP contribution in [0.1, 0.15) is 76.5 Å². The number of carbonyl (C=O) groups is 3. The van der Waals surface area contributed by atoms with Crippen molar-refractivity contribution < 1.29 is 14.4 Å². The van der Waals surface area contributed by atoms with Gasteiger partial charge in [0.25, 0.3) is 17.7 Å². The number of aromatic amines is 1. The summed E-state index contributed by atoms with van der Waals surface area (Å²) in [5, 5.41) is 9.54. The fraction of sp³-hybridized carbons (Fsp3) is 0.391. The molecule has 0 radical (unpaired) electrons. The second-order valence-corrected chi connectivity index (χ2v) is 8.61. The summed E-state index contributed by atoms with van der Waals surface area (Å²) in [6.07, 6.45) is 6.56. The highest BCUT2D eigenvalue weighted by atomic mass is 16.2. The number of H-pyrrole nitrogens is 1. The van der Waals surface area contributed by atoms with Gasteiger partial charge in [-0.3, -0.25) is 14.4 Å². The van der Waals surface area contributed by atoms with Crippen LogP contribution < -0.4 is 16.0 Å². The van der Waals surface area contributed by atoms with Crippen molar-refractivity contribution in [1.82, 2.24) is 25.2 Å². The Labute approximate surface area is 185 Å². The van der Waals surface area contributed by atoms with Gasteiger partial charge >= 0.3 is 0 Å². The van der Waals surface area contributed by atoms with Crippen molar-refractivity contribution in [2.24, 2.45) is 0 Å². The molecule has 166 valence electrons. The number of nitrogens with one attached hydrogen (secondary N) is 4. The number of nitrogens with zero attached hydrogens (tertiary/aromatic N) is 2. The third kappa shape index (κ3) is 3.74. The normalized spacial score (nSPS) is 18.8. The standard InChI is InChI=1S/C23H26N6O3/c1-13-8-9-24-22(31)18-10-14-6-7-15(11-17(14)29(13)18)21(30)28-19-12-25-20(27-19)23(32)26-16-4-2-3-5-16/h6-7,10-13,16H,2-5,8-9H2,1H3,(H,24,31)(H,25,27)(H,26,32)(H,28,30). The summed E-state index contributed by atoms with van der Waals surface area (Å²) in [5.74, 6) is -0.228. The van der Waals surface area contributed by atoms with Gasteiger partial charge in [-0.05, 0) is 44.4 Å². The Bertz CT molecular complexity index is 1200. The van der Waals surface area contributed by atoms with Gasteiger partial charge in [-0.25, -0.2) is 4.98 Å². The van der Waals surface area contributed by atoms with Crippen molar-refractivity contribution in [3.8, 4) is 0 Å². The molecule has 1 aromatic carbocycles. The lowest BCUT2D eigenvalue weighted by molar-refractivity contribution is 0.0925. The van der Waals surface area contributed by atoms with E-state index in [1.165, 1.54) is 6.20 Å². The lowest BCUT2D eigenvalue weighted by Gasteiger charge is -2.14. The van der Waals surface area contributed by atoms with Gasteiger partial charge in [0, 0.05) is 41.3 Å². The predicted octanol–water partition coefficient (Wildman–Crippen LogP) is 2.98. The molecule has 1 saturated carbocycles. The molecule has 1 atom stereocenters. The van der Waals surface area contributed by atoms with Crippen molar-refractivity contribution in [1.29, 1.82) is 0 Å². The van der Waals surface area contributed by atoms with E-state index in [0.29, 0.717) is 17.8 Å². The lowest BCUT2D eigenvalue weighted by Crippen LogP contribution is -2.33. The van der Waals surface area contributed by atoms with E-state index in [1.807, 2.05) is 16.7 Å². The summed E-state index contributed by atoms with van der Waals surface area (Å²) in [5.41, 5.74) is 1.90. The number of benzene rings is 1. The van der Waals surface area contributed by atoms with Crippen LogP contribution >= 0.6 is 0 Å². The molecule has 4 N–H and O–H groups in total. The Morgan fingerprint density at radius 3 is 2.75 bits per heavy atom. The van der Waals surface area contributed by atoms with Gasteiger partial charge in [0.2, 0.25) is 0 Å². The van der Waals surface area contributed by atoms with Crippen LogP contribution in [0.15, 0.2) is 30.5 Å². The number of aromatic nitrogens is 3. The molecule has 1 unspecified atom stereocenters. The Morgan fingerprint density at radius 1 is 1.12 bits per heavy atom. The van der Waals surface area contributed by atoms with Gasteiger partial charge in [0.1, 0.15) is 5.69 Å². The number of rotatable bonds is 4. The summed E-state index contributed by atoms with van der Waals surface area (Å²) < 4.78 is 1.99. The largest absolute Gasteiger partial charge is 0.351 e. The third-order valence-electron chi connectivity index (χ3n) is 6.35. The summed E-state index contributed by atoms with van der Waals surface area (Å²) in [6, 6.07) is 7.55. The Morgan fingerprint density at radius 2 is 1.94 bits per heavy atom. The lowest BCUT2D eigenvalue weighted by atomic mass is 10.1. The van der Waals surface area contributed by atoms with Gasteiger partial charge in [-0.2, -0.15) is 0 Å². The molecule has 2 aromatic heterocycles. The van der Waals surface area contributed by atoms with Crippen LogP contribution in [-0.4, -0.2) is 44.8 Å². The van der Waals surface area contributed by atoms with Crippen LogP contribution in [0.2, 0.25) is 0 Å². The van der Waals surface area contributed by atoms with E-state index in [0.717, 1.165) is 43.0 Å². The monoisotopic (exact) mass is 434 g/mol. The molecule has 0 spiro atoms. The van der Waals surface area contributed by atoms with E-state index >= 15 is 0 Å². The van der Waals surface area contributed by atoms with Gasteiger partial charge in [0.15, 0.2) is 11.6 Å². The molecule has 32 heavy (non-hydrogen) atoms. The second kappa shape index (κ2) is 8.14. The SMILES string of the molecule is CC1CCNC(=O)c2cc3ccc(C(=O)Nc4c[nH]c(C(=O)NC5CCCC5)n4)cc3n21. The molecule has 1 aliphatic heterocycles. The first-order chi connectivity index (χ1) is 15.5. The zero-order valence-electron chi connectivity index (χ0n) is 17.9. The molecule has 2 aliphatic rings. The Kier molecular flexibility index (Phi) is 5.16. The summed E-state index contributed by atoms with van der Waals surface area (Å²) in [4.78, 5) is 44.7. The Balaban J connectivity index is 1.35. The predicted molar refractivity (Wildman–Crippen MR) is 120 cm³/mol. The van der Waals surface area contributed by atoms with E-state index in [4.69, 9.17) is 0 Å². The number of imidazole rings is 1. The zero-order chi connectivity index (χ0) is 22.2. The highest BCUT2D eigenvalue weighted by Gasteiger charge is 2.24. The molecule has 9 heteroatoms. The number of hydrogen-bond acceptors (Lipinski definition) is 4. The minimum atomic E-state index is -0.331. The molecule has 0 bridgehead atoms. The smallest absolute Gasteiger partial charge is 0.287 e. The number of hydrogen-bond donors (Lipinski definition) is 4. The van der Waals surface area contributed by atoms with E-state index in [-0.39, 0.29) is 41.4 Å². The van der Waals surface area contributed by atoms with Gasteiger partial charge in [0.05, 0.1) is 0 Å². The third-order valence-corrected chi connectivity index (χ3v) is 6.35. The van der Waals surface area contributed by atoms with E-state index in [9.17, 15) is 14.4 Å². The van der Waals surface area contributed by atoms with Crippen LogP contribution in [0.25, 0.3) is 10.9 Å². The highest BCUT2D eigenvalue weighted by Crippen LogP contribution is 2.28. The zero-order valence-corrected chi connectivity index (χ0v) is 17.9. The molecule has 3 heterocycles. The van der Waals surface area contributed by atoms with Crippen LogP contribution in [0, 0.1) is 0 Å². The molecular formula is C23H26N6O3. The minimum absolute atomic E-state index is 0.100. The van der Waals surface area contributed by atoms with Crippen LogP contribution in [0.4, 0.5) is 5.82 Å². The number of anilines is 1. The summed E-state index contributed by atoms with van der Waals surface area (Å²) in [7, 11) is 0. The molecule has 5 rings (SSSR count). The maximum absolute atomic E-state index is 12.9. The maximum atomic E-state index is 12.9. The first-order valence-corrected chi connectivity index (χ1v) is 11.1. The fourth-order valence-electron chi connectivity index (χ4n) is 4.64. The number of carbonyl (C=O) groups excluding carboxylic acids is 3. The van der Waals surface area contributed by atoms with E-state index < -0.39 is 0 Å². The highest BCUT2D eigenvalue weighted by molar-refractivity contribution is 6.07. The quantitative estimate of drug-likeness (QED) is 0.504. The second-order valence-electron chi connectivity index (χ2n) is 8.61. The molecule has 1 aliphatic carbocycles. The summed E-state index contributed by atoms with van der Waals surface area (Å²) in [6.45, 7) is 2.69. The molecular weight excluding hydrogens is 408 g/mol. The van der Waals surface area contributed by atoms with Gasteiger partial charge in [-0.15, -0.1) is 0 Å². The van der Waals surface area contributed by atoms with Gasteiger partial charge in [-0.1, -0.05) is 18.9 Å². The van der Waals surface area contributed by atoms with Crippen molar-refractivity contribution in [3.63, 3.8) is 0 Å². The van der Waals surface area contributed by atoms with Crippen molar-refractivity contribution in [3.05, 3.63) is 47.5 Å². The maximum Gasteiger partial charge on any atom is 0.287 e. The molecule has 3 amide bonds. The van der Waals surface area contributed by atoms with Crippen molar-refractivity contribution in [2.45, 2.75) is 51.1 Å². The van der Waals surface area contributed by atoms with Crippen molar-refractivity contribution >= 4 is 34.4 Å². The topological polar surface area (TPSA) is 121 Å². The number of fused-ring (bicyclic) bond motifs is 3. The molecule has 1 fully saturated rings. The van der Waals surface area contributed by atoms with Gasteiger partial charge < -0.3 is 25.5 Å². The molecule has 9 nitrogen and oxygen atoms in total. The van der Waals surface area contributed by atoms with Crippen LogP contribution in [-0.2, 0) is 0 Å². The van der Waals surface area contributed by atoms with Crippen molar-refractivity contribution in [2.75, 3.05) is 11.9 Å². The fourth-order valence-corrected chi connectivity index (χ4v) is 4.64. The van der Waals surface area contributed by atoms with E-state index in [2.05, 4.69) is 32.8 Å². The average Bonchev–Trinajstić information content (AvgIpc) is 3.51. The van der Waals surface area contributed by atoms with Crippen LogP contribution in [0.3, 0.4) is 0 Å². The average molecular weight is 435 g/mol. The van der Waals surface area contributed by atoms with E-state index in [1.54, 1.807) is 12.1 Å². The molecule has 3 aromatic rings. The summed E-state index contributed by atoms with van der Waals surface area (Å²) >= 11 is 0. The first kappa shape index (κ1) is 20.3.